The van der Waals surface area contributed by atoms with Crippen LogP contribution in [0.1, 0.15) is 30.0 Å². The highest BCUT2D eigenvalue weighted by Crippen LogP contribution is 2.14. The average molecular weight is 327 g/mol. The molecule has 2 aromatic rings. The summed E-state index contributed by atoms with van der Waals surface area (Å²) in [7, 11) is 1.64. The number of hydrogen-bond donors (Lipinski definition) is 1. The van der Waals surface area contributed by atoms with Gasteiger partial charge in [0, 0.05) is 19.6 Å². The van der Waals surface area contributed by atoms with E-state index < -0.39 is 0 Å². The van der Waals surface area contributed by atoms with Crippen molar-refractivity contribution in [3.63, 3.8) is 0 Å². The fourth-order valence-electron chi connectivity index (χ4n) is 2.35. The monoisotopic (exact) mass is 327 g/mol. The molecule has 4 nitrogen and oxygen atoms in total. The summed E-state index contributed by atoms with van der Waals surface area (Å²) in [4.78, 5) is 12.0. The predicted octanol–water partition coefficient (Wildman–Crippen LogP) is 3.48. The van der Waals surface area contributed by atoms with E-state index in [0.29, 0.717) is 32.6 Å². The molecule has 0 spiro atoms. The molecule has 0 unspecified atom stereocenters. The molecule has 0 heterocycles. The minimum absolute atomic E-state index is 0.0520. The van der Waals surface area contributed by atoms with Crippen molar-refractivity contribution in [2.45, 2.75) is 32.9 Å². The molecule has 0 aromatic heterocycles. The van der Waals surface area contributed by atoms with Gasteiger partial charge in [-0.2, -0.15) is 0 Å². The Morgan fingerprint density at radius 3 is 2.50 bits per heavy atom. The number of carbonyl (C=O) groups is 1. The lowest BCUT2D eigenvalue weighted by atomic mass is 10.1. The molecule has 1 N–H and O–H groups in total. The molecule has 0 aliphatic rings. The largest absolute Gasteiger partial charge is 0.497 e. The number of benzene rings is 2. The standard InChI is InChI=1S/C20H25NO3/c1-3-24-15-18-9-7-17(8-10-18)14-21-20(22)12-11-16-5-4-6-19(13-16)23-2/h4-10,13H,3,11-12,14-15H2,1-2H3,(H,21,22). The van der Waals surface area contributed by atoms with E-state index in [1.807, 2.05) is 55.5 Å². The molecule has 1 amide bonds. The van der Waals surface area contributed by atoms with Crippen molar-refractivity contribution in [2.24, 2.45) is 0 Å². The summed E-state index contributed by atoms with van der Waals surface area (Å²) in [6, 6.07) is 15.9. The summed E-state index contributed by atoms with van der Waals surface area (Å²) in [5.74, 6) is 0.872. The third kappa shape index (κ3) is 6.05. The van der Waals surface area contributed by atoms with Crippen LogP contribution in [-0.2, 0) is 29.1 Å². The Hall–Kier alpha value is -2.33. The predicted molar refractivity (Wildman–Crippen MR) is 94.9 cm³/mol. The van der Waals surface area contributed by atoms with E-state index >= 15 is 0 Å². The molecule has 0 atom stereocenters. The fraction of sp³-hybridized carbons (Fsp3) is 0.350. The minimum atomic E-state index is 0.0520. The maximum Gasteiger partial charge on any atom is 0.220 e. The second kappa shape index (κ2) is 9.73. The van der Waals surface area contributed by atoms with Crippen LogP contribution in [0.5, 0.6) is 5.75 Å². The van der Waals surface area contributed by atoms with Crippen LogP contribution in [-0.4, -0.2) is 19.6 Å². The molecule has 24 heavy (non-hydrogen) atoms. The summed E-state index contributed by atoms with van der Waals surface area (Å²) < 4.78 is 10.6. The van der Waals surface area contributed by atoms with Crippen LogP contribution in [0.15, 0.2) is 48.5 Å². The molecule has 0 aliphatic heterocycles. The van der Waals surface area contributed by atoms with Crippen LogP contribution in [0.25, 0.3) is 0 Å². The van der Waals surface area contributed by atoms with Gasteiger partial charge in [0.25, 0.3) is 0 Å². The highest BCUT2D eigenvalue weighted by molar-refractivity contribution is 5.76. The first-order valence-corrected chi connectivity index (χ1v) is 8.26. The SMILES string of the molecule is CCOCc1ccc(CNC(=O)CCc2cccc(OC)c2)cc1. The Bertz CT molecular complexity index is 638. The first-order valence-electron chi connectivity index (χ1n) is 8.26. The Morgan fingerprint density at radius 2 is 1.79 bits per heavy atom. The third-order valence-electron chi connectivity index (χ3n) is 3.76. The Balaban J connectivity index is 1.74. The molecule has 128 valence electrons. The lowest BCUT2D eigenvalue weighted by Crippen LogP contribution is -2.23. The van der Waals surface area contributed by atoms with Crippen molar-refractivity contribution in [1.82, 2.24) is 5.32 Å². The molecular weight excluding hydrogens is 302 g/mol. The zero-order chi connectivity index (χ0) is 17.2. The van der Waals surface area contributed by atoms with E-state index in [2.05, 4.69) is 5.32 Å². The second-order valence-electron chi connectivity index (χ2n) is 5.58. The van der Waals surface area contributed by atoms with Crippen molar-refractivity contribution < 1.29 is 14.3 Å². The van der Waals surface area contributed by atoms with Crippen molar-refractivity contribution in [2.75, 3.05) is 13.7 Å². The van der Waals surface area contributed by atoms with E-state index in [0.717, 1.165) is 22.4 Å². The Kier molecular flexibility index (Phi) is 7.30. The molecule has 0 saturated heterocycles. The molecule has 0 saturated carbocycles. The second-order valence-corrected chi connectivity index (χ2v) is 5.58. The van der Waals surface area contributed by atoms with Gasteiger partial charge in [0.2, 0.25) is 5.91 Å². The van der Waals surface area contributed by atoms with E-state index in [1.165, 1.54) is 0 Å². The van der Waals surface area contributed by atoms with Gasteiger partial charge in [-0.15, -0.1) is 0 Å². The van der Waals surface area contributed by atoms with Crippen LogP contribution in [0, 0.1) is 0 Å². The summed E-state index contributed by atoms with van der Waals surface area (Å²) in [5, 5.41) is 2.96. The van der Waals surface area contributed by atoms with Crippen LogP contribution in [0.4, 0.5) is 0 Å². The van der Waals surface area contributed by atoms with Crippen LogP contribution in [0.2, 0.25) is 0 Å². The molecule has 0 radical (unpaired) electrons. The van der Waals surface area contributed by atoms with Crippen molar-refractivity contribution in [3.05, 3.63) is 65.2 Å². The average Bonchev–Trinajstić information content (AvgIpc) is 2.64. The number of nitrogens with one attached hydrogen (secondary N) is 1. The Labute approximate surface area is 143 Å². The van der Waals surface area contributed by atoms with Gasteiger partial charge in [0.1, 0.15) is 5.75 Å². The number of methoxy groups -OCH3 is 1. The molecule has 0 fully saturated rings. The number of ether oxygens (including phenoxy) is 2. The van der Waals surface area contributed by atoms with Crippen LogP contribution < -0.4 is 10.1 Å². The van der Waals surface area contributed by atoms with Crippen LogP contribution >= 0.6 is 0 Å². The van der Waals surface area contributed by atoms with Gasteiger partial charge in [-0.25, -0.2) is 0 Å². The number of amides is 1. The summed E-state index contributed by atoms with van der Waals surface area (Å²) in [6.45, 7) is 3.87. The van der Waals surface area contributed by atoms with Gasteiger partial charge in [-0.05, 0) is 42.2 Å². The van der Waals surface area contributed by atoms with Crippen molar-refractivity contribution in [1.29, 1.82) is 0 Å². The van der Waals surface area contributed by atoms with E-state index in [4.69, 9.17) is 9.47 Å². The lowest BCUT2D eigenvalue weighted by Gasteiger charge is -2.08. The van der Waals surface area contributed by atoms with Gasteiger partial charge >= 0.3 is 0 Å². The normalized spacial score (nSPS) is 10.4. The first-order chi connectivity index (χ1) is 11.7. The molecule has 0 bridgehead atoms. The number of rotatable bonds is 9. The van der Waals surface area contributed by atoms with Crippen molar-refractivity contribution >= 4 is 5.91 Å². The third-order valence-corrected chi connectivity index (χ3v) is 3.76. The highest BCUT2D eigenvalue weighted by atomic mass is 16.5. The Morgan fingerprint density at radius 1 is 1.04 bits per heavy atom. The summed E-state index contributed by atoms with van der Waals surface area (Å²) in [5.41, 5.74) is 3.33. The van der Waals surface area contributed by atoms with Gasteiger partial charge in [0.05, 0.1) is 13.7 Å². The zero-order valence-corrected chi connectivity index (χ0v) is 14.4. The molecule has 4 heteroatoms. The molecular formula is C20H25NO3. The van der Waals surface area contributed by atoms with Gasteiger partial charge in [-0.3, -0.25) is 4.79 Å². The summed E-state index contributed by atoms with van der Waals surface area (Å²) in [6.07, 6.45) is 1.17. The lowest BCUT2D eigenvalue weighted by molar-refractivity contribution is -0.121. The van der Waals surface area contributed by atoms with E-state index in [1.54, 1.807) is 7.11 Å². The number of carbonyl (C=O) groups excluding carboxylic acids is 1. The van der Waals surface area contributed by atoms with E-state index in [-0.39, 0.29) is 5.91 Å². The number of aryl methyl sites for hydroxylation is 1. The van der Waals surface area contributed by atoms with E-state index in [9.17, 15) is 4.79 Å². The molecule has 2 rings (SSSR count). The first kappa shape index (κ1) is 18.0. The highest BCUT2D eigenvalue weighted by Gasteiger charge is 2.04. The smallest absolute Gasteiger partial charge is 0.220 e. The van der Waals surface area contributed by atoms with Gasteiger partial charge in [-0.1, -0.05) is 36.4 Å². The summed E-state index contributed by atoms with van der Waals surface area (Å²) >= 11 is 0. The van der Waals surface area contributed by atoms with Gasteiger partial charge < -0.3 is 14.8 Å². The minimum Gasteiger partial charge on any atom is -0.497 e. The molecule has 0 aliphatic carbocycles. The van der Waals surface area contributed by atoms with Crippen molar-refractivity contribution in [3.8, 4) is 5.75 Å². The maximum atomic E-state index is 12.0. The van der Waals surface area contributed by atoms with Crippen LogP contribution in [0.3, 0.4) is 0 Å². The maximum absolute atomic E-state index is 12.0. The van der Waals surface area contributed by atoms with Gasteiger partial charge in [0.15, 0.2) is 0 Å². The zero-order valence-electron chi connectivity index (χ0n) is 14.4. The fourth-order valence-corrected chi connectivity index (χ4v) is 2.35. The molecule has 2 aromatic carbocycles. The quantitative estimate of drug-likeness (QED) is 0.767. The topological polar surface area (TPSA) is 47.6 Å². The number of hydrogen-bond acceptors (Lipinski definition) is 3.